The second kappa shape index (κ2) is 7.76. The number of nitrogens with one attached hydrogen (secondary N) is 1. The van der Waals surface area contributed by atoms with E-state index in [4.69, 9.17) is 5.26 Å². The van der Waals surface area contributed by atoms with Crippen LogP contribution in [0.2, 0.25) is 0 Å². The first-order valence-electron chi connectivity index (χ1n) is 8.56. The summed E-state index contributed by atoms with van der Waals surface area (Å²) in [6.07, 6.45) is 3.68. The van der Waals surface area contributed by atoms with Crippen LogP contribution in [-0.4, -0.2) is 11.7 Å². The summed E-state index contributed by atoms with van der Waals surface area (Å²) in [7, 11) is 0. The minimum atomic E-state index is -0.156. The summed E-state index contributed by atoms with van der Waals surface area (Å²) in [6.45, 7) is 0.362. The monoisotopic (exact) mass is 332 g/mol. The van der Waals surface area contributed by atoms with Crippen molar-refractivity contribution in [3.05, 3.63) is 70.3 Å². The van der Waals surface area contributed by atoms with Gasteiger partial charge in [-0.2, -0.15) is 5.26 Å². The Hall–Kier alpha value is -2.93. The van der Waals surface area contributed by atoms with Crippen molar-refractivity contribution in [1.29, 1.82) is 5.26 Å². The van der Waals surface area contributed by atoms with Gasteiger partial charge in [0.25, 0.3) is 0 Å². The molecular formula is C21H20N2O2. The number of benzene rings is 2. The molecule has 0 heterocycles. The van der Waals surface area contributed by atoms with Crippen molar-refractivity contribution in [2.24, 2.45) is 0 Å². The number of nitriles is 1. The number of amides is 1. The minimum Gasteiger partial charge on any atom is -0.352 e. The van der Waals surface area contributed by atoms with Gasteiger partial charge in [-0.05, 0) is 54.2 Å². The van der Waals surface area contributed by atoms with Crippen molar-refractivity contribution in [1.82, 2.24) is 5.32 Å². The molecule has 0 saturated heterocycles. The highest BCUT2D eigenvalue weighted by Gasteiger charge is 2.14. The van der Waals surface area contributed by atoms with Crippen molar-refractivity contribution in [3.8, 4) is 6.07 Å². The van der Waals surface area contributed by atoms with Crippen LogP contribution < -0.4 is 5.32 Å². The van der Waals surface area contributed by atoms with Crippen molar-refractivity contribution >= 4 is 11.7 Å². The Morgan fingerprint density at radius 2 is 1.88 bits per heavy atom. The number of hydrogen-bond donors (Lipinski definition) is 1. The summed E-state index contributed by atoms with van der Waals surface area (Å²) in [4.78, 5) is 24.3. The van der Waals surface area contributed by atoms with Gasteiger partial charge in [-0.15, -0.1) is 0 Å². The minimum absolute atomic E-state index is 0.0105. The van der Waals surface area contributed by atoms with Gasteiger partial charge in [0.2, 0.25) is 5.91 Å². The second-order valence-electron chi connectivity index (χ2n) is 6.35. The average molecular weight is 332 g/mol. The largest absolute Gasteiger partial charge is 0.352 e. The lowest BCUT2D eigenvalue weighted by molar-refractivity contribution is -0.121. The van der Waals surface area contributed by atoms with Crippen molar-refractivity contribution in [2.75, 3.05) is 0 Å². The fourth-order valence-corrected chi connectivity index (χ4v) is 3.16. The Balaban J connectivity index is 1.48. The molecule has 126 valence electrons. The Kier molecular flexibility index (Phi) is 5.25. The number of nitrogens with zero attached hydrogens (tertiary/aromatic N) is 1. The SMILES string of the molecule is N#Cc1cccc(CNC(=O)CCC(=O)c2ccc3c(c2)CCC3)c1. The zero-order valence-corrected chi connectivity index (χ0v) is 14.0. The molecule has 0 radical (unpaired) electrons. The molecular weight excluding hydrogens is 312 g/mol. The summed E-state index contributed by atoms with van der Waals surface area (Å²) in [5, 5.41) is 11.7. The molecule has 1 N–H and O–H groups in total. The Morgan fingerprint density at radius 1 is 1.04 bits per heavy atom. The highest BCUT2D eigenvalue weighted by atomic mass is 16.2. The fraction of sp³-hybridized carbons (Fsp3) is 0.286. The number of ketones is 1. The quantitative estimate of drug-likeness (QED) is 0.825. The van der Waals surface area contributed by atoms with Gasteiger partial charge in [-0.3, -0.25) is 9.59 Å². The van der Waals surface area contributed by atoms with Gasteiger partial charge in [0.15, 0.2) is 5.78 Å². The van der Waals surface area contributed by atoms with Crippen LogP contribution in [0, 0.1) is 11.3 Å². The topological polar surface area (TPSA) is 70.0 Å². The maximum absolute atomic E-state index is 12.3. The van der Waals surface area contributed by atoms with Crippen LogP contribution in [0.15, 0.2) is 42.5 Å². The number of aryl methyl sites for hydroxylation is 2. The molecule has 0 aromatic heterocycles. The van der Waals surface area contributed by atoms with E-state index in [9.17, 15) is 9.59 Å². The van der Waals surface area contributed by atoms with Crippen molar-refractivity contribution in [3.63, 3.8) is 0 Å². The van der Waals surface area contributed by atoms with Crippen LogP contribution in [0.4, 0.5) is 0 Å². The molecule has 1 aliphatic rings. The van der Waals surface area contributed by atoms with E-state index in [1.165, 1.54) is 11.1 Å². The van der Waals surface area contributed by atoms with E-state index in [-0.39, 0.29) is 24.5 Å². The first kappa shape index (κ1) is 16.9. The highest BCUT2D eigenvalue weighted by Crippen LogP contribution is 2.23. The zero-order chi connectivity index (χ0) is 17.6. The number of Topliss-reactive ketones (excluding diaryl/α,β-unsaturated/α-hetero) is 1. The van der Waals surface area contributed by atoms with E-state index in [2.05, 4.69) is 11.4 Å². The fourth-order valence-electron chi connectivity index (χ4n) is 3.16. The van der Waals surface area contributed by atoms with Gasteiger partial charge >= 0.3 is 0 Å². The van der Waals surface area contributed by atoms with E-state index in [1.807, 2.05) is 24.3 Å². The molecule has 3 rings (SSSR count). The van der Waals surface area contributed by atoms with Crippen LogP contribution in [0.3, 0.4) is 0 Å². The lowest BCUT2D eigenvalue weighted by Crippen LogP contribution is -2.23. The van der Waals surface area contributed by atoms with Gasteiger partial charge < -0.3 is 5.32 Å². The lowest BCUT2D eigenvalue weighted by atomic mass is 10.0. The molecule has 2 aromatic rings. The molecule has 1 aliphatic carbocycles. The molecule has 2 aromatic carbocycles. The van der Waals surface area contributed by atoms with Gasteiger partial charge in [0, 0.05) is 24.9 Å². The van der Waals surface area contributed by atoms with E-state index in [1.54, 1.807) is 18.2 Å². The van der Waals surface area contributed by atoms with Crippen LogP contribution in [0.1, 0.15) is 51.9 Å². The third kappa shape index (κ3) is 4.33. The predicted octanol–water partition coefficient (Wildman–Crippen LogP) is 3.33. The summed E-state index contributed by atoms with van der Waals surface area (Å²) in [5.74, 6) is -0.145. The van der Waals surface area contributed by atoms with Crippen LogP contribution >= 0.6 is 0 Å². The third-order valence-electron chi connectivity index (χ3n) is 4.55. The van der Waals surface area contributed by atoms with E-state index >= 15 is 0 Å². The van der Waals surface area contributed by atoms with Crippen molar-refractivity contribution in [2.45, 2.75) is 38.6 Å². The van der Waals surface area contributed by atoms with Crippen LogP contribution in [0.5, 0.6) is 0 Å². The summed E-state index contributed by atoms with van der Waals surface area (Å²) < 4.78 is 0. The van der Waals surface area contributed by atoms with Crippen molar-refractivity contribution < 1.29 is 9.59 Å². The second-order valence-corrected chi connectivity index (χ2v) is 6.35. The average Bonchev–Trinajstić information content (AvgIpc) is 3.12. The lowest BCUT2D eigenvalue weighted by Gasteiger charge is -2.07. The number of carbonyl (C=O) groups excluding carboxylic acids is 2. The molecule has 0 aliphatic heterocycles. The molecule has 0 spiro atoms. The van der Waals surface area contributed by atoms with E-state index in [0.29, 0.717) is 17.7 Å². The van der Waals surface area contributed by atoms with Crippen LogP contribution in [-0.2, 0) is 24.2 Å². The maximum atomic E-state index is 12.3. The number of hydrogen-bond acceptors (Lipinski definition) is 3. The summed E-state index contributed by atoms with van der Waals surface area (Å²) in [5.41, 5.74) is 4.76. The summed E-state index contributed by atoms with van der Waals surface area (Å²) >= 11 is 0. The standard InChI is InChI=1S/C21H20N2O2/c22-13-15-3-1-4-16(11-15)14-23-21(25)10-9-20(24)19-8-7-17-5-2-6-18(17)12-19/h1,3-4,7-8,11-12H,2,5-6,9-10,14H2,(H,23,25). The molecule has 0 fully saturated rings. The number of carbonyl (C=O) groups is 2. The Morgan fingerprint density at radius 3 is 2.72 bits per heavy atom. The Bertz CT molecular complexity index is 849. The van der Waals surface area contributed by atoms with Gasteiger partial charge in [0.05, 0.1) is 11.6 Å². The predicted molar refractivity (Wildman–Crippen MR) is 95.0 cm³/mol. The molecule has 0 bridgehead atoms. The molecule has 4 heteroatoms. The highest BCUT2D eigenvalue weighted by molar-refractivity contribution is 5.98. The first-order chi connectivity index (χ1) is 12.2. The maximum Gasteiger partial charge on any atom is 0.220 e. The van der Waals surface area contributed by atoms with E-state index in [0.717, 1.165) is 24.8 Å². The third-order valence-corrected chi connectivity index (χ3v) is 4.55. The number of fused-ring (bicyclic) bond motifs is 1. The first-order valence-corrected chi connectivity index (χ1v) is 8.56. The molecule has 25 heavy (non-hydrogen) atoms. The summed E-state index contributed by atoms with van der Waals surface area (Å²) in [6, 6.07) is 15.1. The zero-order valence-electron chi connectivity index (χ0n) is 14.0. The normalized spacial score (nSPS) is 12.3. The molecule has 0 atom stereocenters. The Labute approximate surface area is 147 Å². The van der Waals surface area contributed by atoms with Crippen LogP contribution in [0.25, 0.3) is 0 Å². The molecule has 4 nitrogen and oxygen atoms in total. The van der Waals surface area contributed by atoms with Gasteiger partial charge in [0.1, 0.15) is 0 Å². The smallest absolute Gasteiger partial charge is 0.220 e. The molecule has 1 amide bonds. The molecule has 0 saturated carbocycles. The number of rotatable bonds is 6. The van der Waals surface area contributed by atoms with Gasteiger partial charge in [-0.1, -0.05) is 24.3 Å². The van der Waals surface area contributed by atoms with E-state index < -0.39 is 0 Å². The molecule has 0 unspecified atom stereocenters. The van der Waals surface area contributed by atoms with Gasteiger partial charge in [-0.25, -0.2) is 0 Å².